The minimum Gasteiger partial charge on any atom is -0.497 e. The Kier molecular flexibility index (Phi) is 4.62. The molecule has 2 N–H and O–H groups in total. The van der Waals surface area contributed by atoms with Crippen LogP contribution in [0.25, 0.3) is 43.2 Å². The van der Waals surface area contributed by atoms with Crippen LogP contribution in [0, 0.1) is 6.92 Å². The summed E-state index contributed by atoms with van der Waals surface area (Å²) in [5.41, 5.74) is 6.17. The summed E-state index contributed by atoms with van der Waals surface area (Å²) in [6.45, 7) is 2.06. The average molecular weight is 453 g/mol. The lowest BCUT2D eigenvalue weighted by molar-refractivity contribution is 0.415. The number of benzene rings is 2. The molecule has 6 aromatic rings. The van der Waals surface area contributed by atoms with E-state index in [0.29, 0.717) is 11.7 Å². The number of nitrogens with zero attached hydrogens (tertiary/aromatic N) is 2. The number of rotatable bonds is 5. The molecule has 0 spiro atoms. The first-order valence-electron chi connectivity index (χ1n) is 10.5. The van der Waals surface area contributed by atoms with Crippen LogP contribution in [0.3, 0.4) is 0 Å². The van der Waals surface area contributed by atoms with Gasteiger partial charge in [-0.3, -0.25) is 4.98 Å². The van der Waals surface area contributed by atoms with Gasteiger partial charge in [0.05, 0.1) is 34.1 Å². The summed E-state index contributed by atoms with van der Waals surface area (Å²) >= 11 is 1.61. The van der Waals surface area contributed by atoms with E-state index < -0.39 is 0 Å². The van der Waals surface area contributed by atoms with Gasteiger partial charge in [-0.1, -0.05) is 0 Å². The van der Waals surface area contributed by atoms with E-state index in [1.807, 2.05) is 42.6 Å². The quantitative estimate of drug-likeness (QED) is 0.290. The van der Waals surface area contributed by atoms with Gasteiger partial charge in [0, 0.05) is 34.0 Å². The van der Waals surface area contributed by atoms with E-state index in [9.17, 15) is 0 Å². The standard InChI is InChI=1S/C26H20N4O2S/c1-15-11-17-12-18(5-8-20(17)29-15)30-21-9-10-27-22-13-24(33-25(21)22)26-28-14-23(32-26)16-3-6-19(31-2)7-4-16/h3-14,29H,1-2H3,(H,27,30). The van der Waals surface area contributed by atoms with E-state index in [1.54, 1.807) is 24.6 Å². The molecule has 0 atom stereocenters. The van der Waals surface area contributed by atoms with E-state index >= 15 is 0 Å². The number of nitrogens with one attached hydrogen (secondary N) is 2. The summed E-state index contributed by atoms with van der Waals surface area (Å²) in [7, 11) is 1.65. The Morgan fingerprint density at radius 1 is 1.00 bits per heavy atom. The SMILES string of the molecule is COc1ccc(-c2cnc(-c3cc4nccc(Nc5ccc6[nH]c(C)cc6c5)c4s3)o2)cc1. The van der Waals surface area contributed by atoms with Crippen LogP contribution < -0.4 is 10.1 Å². The van der Waals surface area contributed by atoms with Gasteiger partial charge < -0.3 is 19.5 Å². The molecule has 0 fully saturated rings. The second-order valence-corrected chi connectivity index (χ2v) is 8.87. The van der Waals surface area contributed by atoms with Crippen molar-refractivity contribution >= 4 is 43.8 Å². The molecular weight excluding hydrogens is 432 g/mol. The number of hydrogen-bond donors (Lipinski definition) is 2. The van der Waals surface area contributed by atoms with Crippen molar-refractivity contribution in [3.63, 3.8) is 0 Å². The third-order valence-electron chi connectivity index (χ3n) is 5.54. The van der Waals surface area contributed by atoms with Gasteiger partial charge in [-0.15, -0.1) is 11.3 Å². The van der Waals surface area contributed by atoms with E-state index in [4.69, 9.17) is 9.15 Å². The van der Waals surface area contributed by atoms with Crippen molar-refractivity contribution in [2.45, 2.75) is 6.92 Å². The maximum absolute atomic E-state index is 6.07. The van der Waals surface area contributed by atoms with Gasteiger partial charge >= 0.3 is 0 Å². The first kappa shape index (κ1) is 19.6. The van der Waals surface area contributed by atoms with Crippen LogP contribution in [0.2, 0.25) is 0 Å². The van der Waals surface area contributed by atoms with Crippen molar-refractivity contribution in [1.29, 1.82) is 0 Å². The van der Waals surface area contributed by atoms with Crippen LogP contribution in [-0.2, 0) is 0 Å². The number of pyridine rings is 1. The van der Waals surface area contributed by atoms with Gasteiger partial charge in [-0.2, -0.15) is 0 Å². The predicted octanol–water partition coefficient (Wildman–Crippen LogP) is 7.16. The Labute approximate surface area is 193 Å². The van der Waals surface area contributed by atoms with Crippen LogP contribution >= 0.6 is 11.3 Å². The number of H-pyrrole nitrogens is 1. The summed E-state index contributed by atoms with van der Waals surface area (Å²) in [5, 5.41) is 4.73. The number of hydrogen-bond acceptors (Lipinski definition) is 6. The Hall–Kier alpha value is -4.10. The van der Waals surface area contributed by atoms with Crippen molar-refractivity contribution in [1.82, 2.24) is 15.0 Å². The van der Waals surface area contributed by atoms with E-state index in [2.05, 4.69) is 51.5 Å². The molecule has 4 aromatic heterocycles. The van der Waals surface area contributed by atoms with Gasteiger partial charge in [0.15, 0.2) is 5.76 Å². The molecule has 4 heterocycles. The molecule has 0 aliphatic heterocycles. The van der Waals surface area contributed by atoms with E-state index in [1.165, 1.54) is 5.39 Å². The van der Waals surface area contributed by atoms with Crippen molar-refractivity contribution in [3.8, 4) is 27.8 Å². The lowest BCUT2D eigenvalue weighted by Crippen LogP contribution is -1.90. The van der Waals surface area contributed by atoms with Gasteiger partial charge in [0.2, 0.25) is 5.89 Å². The lowest BCUT2D eigenvalue weighted by atomic mass is 10.2. The number of fused-ring (bicyclic) bond motifs is 2. The zero-order chi connectivity index (χ0) is 22.4. The Bertz CT molecular complexity index is 1590. The zero-order valence-electron chi connectivity index (χ0n) is 18.0. The minimum absolute atomic E-state index is 0.582. The fourth-order valence-corrected chi connectivity index (χ4v) is 4.95. The van der Waals surface area contributed by atoms with Gasteiger partial charge in [0.1, 0.15) is 5.75 Å². The van der Waals surface area contributed by atoms with Crippen LogP contribution in [-0.4, -0.2) is 22.1 Å². The fourth-order valence-electron chi connectivity index (χ4n) is 3.93. The van der Waals surface area contributed by atoms with E-state index in [0.717, 1.165) is 49.0 Å². The van der Waals surface area contributed by atoms with Gasteiger partial charge in [-0.05, 0) is 67.6 Å². The highest BCUT2D eigenvalue weighted by Crippen LogP contribution is 2.38. The van der Waals surface area contributed by atoms with Crippen molar-refractivity contribution in [2.75, 3.05) is 12.4 Å². The second kappa shape index (κ2) is 7.79. The molecule has 0 aliphatic carbocycles. The van der Waals surface area contributed by atoms with Gasteiger partial charge in [-0.25, -0.2) is 4.98 Å². The van der Waals surface area contributed by atoms with Crippen molar-refractivity contribution in [2.24, 2.45) is 0 Å². The highest BCUT2D eigenvalue weighted by Gasteiger charge is 2.15. The molecule has 0 amide bonds. The van der Waals surface area contributed by atoms with Gasteiger partial charge in [0.25, 0.3) is 0 Å². The highest BCUT2D eigenvalue weighted by molar-refractivity contribution is 7.22. The molecule has 33 heavy (non-hydrogen) atoms. The zero-order valence-corrected chi connectivity index (χ0v) is 18.9. The molecule has 7 heteroatoms. The number of aromatic nitrogens is 3. The first-order chi connectivity index (χ1) is 16.2. The second-order valence-electron chi connectivity index (χ2n) is 7.82. The molecular formula is C26H20N4O2S. The highest BCUT2D eigenvalue weighted by atomic mass is 32.1. The largest absolute Gasteiger partial charge is 0.497 e. The lowest BCUT2D eigenvalue weighted by Gasteiger charge is -2.07. The molecule has 2 aromatic carbocycles. The molecule has 0 saturated carbocycles. The summed E-state index contributed by atoms with van der Waals surface area (Å²) in [6, 6.07) is 20.2. The smallest absolute Gasteiger partial charge is 0.237 e. The average Bonchev–Trinajstić information content (AvgIpc) is 3.56. The molecule has 162 valence electrons. The Morgan fingerprint density at radius 3 is 2.73 bits per heavy atom. The predicted molar refractivity (Wildman–Crippen MR) is 133 cm³/mol. The summed E-state index contributed by atoms with van der Waals surface area (Å²) in [4.78, 5) is 13.4. The molecule has 0 aliphatic rings. The molecule has 0 unspecified atom stereocenters. The third kappa shape index (κ3) is 3.62. The van der Waals surface area contributed by atoms with Crippen LogP contribution in [0.15, 0.2) is 77.5 Å². The van der Waals surface area contributed by atoms with Crippen molar-refractivity contribution in [3.05, 3.63) is 78.8 Å². The minimum atomic E-state index is 0.582. The number of aryl methyl sites for hydroxylation is 1. The first-order valence-corrected chi connectivity index (χ1v) is 11.3. The van der Waals surface area contributed by atoms with Crippen molar-refractivity contribution < 1.29 is 9.15 Å². The number of aromatic amines is 1. The molecule has 0 radical (unpaired) electrons. The summed E-state index contributed by atoms with van der Waals surface area (Å²) in [5.74, 6) is 2.10. The fraction of sp³-hybridized carbons (Fsp3) is 0.0769. The summed E-state index contributed by atoms with van der Waals surface area (Å²) in [6.07, 6.45) is 3.57. The van der Waals surface area contributed by atoms with Crippen LogP contribution in [0.1, 0.15) is 5.69 Å². The maximum atomic E-state index is 6.07. The topological polar surface area (TPSA) is 76.0 Å². The monoisotopic (exact) mass is 452 g/mol. The Balaban J connectivity index is 1.32. The Morgan fingerprint density at radius 2 is 1.88 bits per heavy atom. The number of thiophene rings is 1. The number of anilines is 2. The number of ether oxygens (including phenoxy) is 1. The molecule has 6 rings (SSSR count). The van der Waals surface area contributed by atoms with E-state index in [-0.39, 0.29) is 0 Å². The van der Waals surface area contributed by atoms with Crippen LogP contribution in [0.5, 0.6) is 5.75 Å². The normalized spacial score (nSPS) is 11.3. The third-order valence-corrected chi connectivity index (χ3v) is 6.68. The maximum Gasteiger partial charge on any atom is 0.237 e. The van der Waals surface area contributed by atoms with Crippen LogP contribution in [0.4, 0.5) is 11.4 Å². The molecule has 6 nitrogen and oxygen atoms in total. The molecule has 0 bridgehead atoms. The number of methoxy groups -OCH3 is 1. The summed E-state index contributed by atoms with van der Waals surface area (Å²) < 4.78 is 12.4. The number of oxazole rings is 1. The molecule has 0 saturated heterocycles.